The summed E-state index contributed by atoms with van der Waals surface area (Å²) in [6, 6.07) is 12.4. The van der Waals surface area contributed by atoms with Crippen LogP contribution in [0.5, 0.6) is 0 Å². The first kappa shape index (κ1) is 23.7. The van der Waals surface area contributed by atoms with E-state index in [1.807, 2.05) is 19.1 Å². The molecule has 0 bridgehead atoms. The van der Waals surface area contributed by atoms with Gasteiger partial charge in [-0.25, -0.2) is 8.42 Å². The van der Waals surface area contributed by atoms with Gasteiger partial charge in [0.15, 0.2) is 0 Å². The highest BCUT2D eigenvalue weighted by molar-refractivity contribution is 7.89. The fourth-order valence-corrected chi connectivity index (χ4v) is 6.12. The molecule has 33 heavy (non-hydrogen) atoms. The second-order valence-corrected chi connectivity index (χ2v) is 10.8. The van der Waals surface area contributed by atoms with Gasteiger partial charge in [-0.05, 0) is 68.3 Å². The van der Waals surface area contributed by atoms with Gasteiger partial charge >= 0.3 is 0 Å². The summed E-state index contributed by atoms with van der Waals surface area (Å²) in [5, 5.41) is 2.96. The van der Waals surface area contributed by atoms with Gasteiger partial charge in [-0.1, -0.05) is 19.4 Å². The van der Waals surface area contributed by atoms with Crippen molar-refractivity contribution in [2.75, 3.05) is 56.0 Å². The number of amides is 1. The second-order valence-electron chi connectivity index (χ2n) is 8.87. The lowest BCUT2D eigenvalue weighted by molar-refractivity contribution is 0.102. The zero-order valence-electron chi connectivity index (χ0n) is 19.6. The topological polar surface area (TPSA) is 73.0 Å². The number of nitrogens with zero attached hydrogens (tertiary/aromatic N) is 3. The van der Waals surface area contributed by atoms with Crippen molar-refractivity contribution < 1.29 is 13.2 Å². The zero-order valence-corrected chi connectivity index (χ0v) is 20.4. The Balaban J connectivity index is 1.46. The van der Waals surface area contributed by atoms with Crippen molar-refractivity contribution in [1.82, 2.24) is 9.21 Å². The van der Waals surface area contributed by atoms with E-state index in [1.165, 1.54) is 10.4 Å². The van der Waals surface area contributed by atoms with E-state index in [4.69, 9.17) is 0 Å². The molecular formula is C25H34N4O3S. The monoisotopic (exact) mass is 470 g/mol. The summed E-state index contributed by atoms with van der Waals surface area (Å²) >= 11 is 0. The van der Waals surface area contributed by atoms with Crippen LogP contribution in [-0.2, 0) is 10.0 Å². The van der Waals surface area contributed by atoms with E-state index in [0.717, 1.165) is 68.9 Å². The molecule has 2 heterocycles. The second kappa shape index (κ2) is 10.2. The molecule has 2 aliphatic rings. The lowest BCUT2D eigenvalue weighted by atomic mass is 10.1. The smallest absolute Gasteiger partial charge is 0.255 e. The van der Waals surface area contributed by atoms with E-state index in [1.54, 1.807) is 18.2 Å². The first-order chi connectivity index (χ1) is 15.9. The molecule has 0 saturated carbocycles. The summed E-state index contributed by atoms with van der Waals surface area (Å²) in [4.78, 5) is 17.9. The van der Waals surface area contributed by atoms with Crippen molar-refractivity contribution in [3.8, 4) is 0 Å². The van der Waals surface area contributed by atoms with E-state index in [9.17, 15) is 13.2 Å². The van der Waals surface area contributed by atoms with Crippen LogP contribution in [0.25, 0.3) is 0 Å². The fraction of sp³-hybridized carbons (Fsp3) is 0.480. The van der Waals surface area contributed by atoms with E-state index < -0.39 is 10.0 Å². The Kier molecular flexibility index (Phi) is 7.36. The molecule has 4 rings (SSSR count). The zero-order chi connectivity index (χ0) is 23.4. The maximum absolute atomic E-state index is 13.0. The third-order valence-electron chi connectivity index (χ3n) is 6.69. The number of carbonyl (C=O) groups is 1. The average Bonchev–Trinajstić information content (AvgIpc) is 2.86. The van der Waals surface area contributed by atoms with Crippen LogP contribution in [0.4, 0.5) is 11.4 Å². The Morgan fingerprint density at radius 3 is 2.33 bits per heavy atom. The molecule has 2 fully saturated rings. The quantitative estimate of drug-likeness (QED) is 0.699. The van der Waals surface area contributed by atoms with Crippen LogP contribution in [0.1, 0.15) is 42.1 Å². The molecule has 7 nitrogen and oxygen atoms in total. The van der Waals surface area contributed by atoms with Crippen LogP contribution >= 0.6 is 0 Å². The van der Waals surface area contributed by atoms with Crippen LogP contribution in [0.15, 0.2) is 47.4 Å². The van der Waals surface area contributed by atoms with Gasteiger partial charge < -0.3 is 15.1 Å². The van der Waals surface area contributed by atoms with Gasteiger partial charge in [-0.15, -0.1) is 0 Å². The predicted molar refractivity (Wildman–Crippen MR) is 133 cm³/mol. The molecule has 0 aliphatic carbocycles. The number of hydrogen-bond acceptors (Lipinski definition) is 5. The highest BCUT2D eigenvalue weighted by Gasteiger charge is 2.26. The number of hydrogen-bond donors (Lipinski definition) is 1. The maximum Gasteiger partial charge on any atom is 0.255 e. The minimum absolute atomic E-state index is 0.176. The van der Waals surface area contributed by atoms with Gasteiger partial charge in [0, 0.05) is 56.2 Å². The van der Waals surface area contributed by atoms with Crippen LogP contribution in [0.3, 0.4) is 0 Å². The minimum Gasteiger partial charge on any atom is -0.369 e. The molecule has 2 aliphatic heterocycles. The molecule has 0 aromatic heterocycles. The molecule has 178 valence electrons. The Morgan fingerprint density at radius 2 is 1.67 bits per heavy atom. The van der Waals surface area contributed by atoms with E-state index in [-0.39, 0.29) is 10.8 Å². The molecule has 1 amide bonds. The van der Waals surface area contributed by atoms with Crippen LogP contribution < -0.4 is 10.2 Å². The lowest BCUT2D eigenvalue weighted by Crippen LogP contribution is -2.46. The Labute approximate surface area is 197 Å². The summed E-state index contributed by atoms with van der Waals surface area (Å²) in [6.07, 6.45) is 2.81. The van der Waals surface area contributed by atoms with Crippen LogP contribution in [0.2, 0.25) is 0 Å². The van der Waals surface area contributed by atoms with Crippen LogP contribution in [0, 0.1) is 6.92 Å². The first-order valence-corrected chi connectivity index (χ1v) is 13.3. The number of benzene rings is 2. The molecule has 2 aromatic rings. The molecule has 1 N–H and O–H groups in total. The molecule has 8 heteroatoms. The maximum atomic E-state index is 13.0. The standard InChI is InChI=1S/C25H34N4O3S/c1-3-27-14-16-28(17-15-27)22-10-11-24(20(2)18-22)26-25(30)21-8-7-9-23(19-21)33(31,32)29-12-5-4-6-13-29/h7-11,18-19H,3-6,12-17H2,1-2H3,(H,26,30). The fourth-order valence-electron chi connectivity index (χ4n) is 4.55. The highest BCUT2D eigenvalue weighted by atomic mass is 32.2. The summed E-state index contributed by atoms with van der Waals surface area (Å²) in [7, 11) is -3.58. The van der Waals surface area contributed by atoms with E-state index in [0.29, 0.717) is 18.7 Å². The van der Waals surface area contributed by atoms with Gasteiger partial charge in [0.1, 0.15) is 0 Å². The van der Waals surface area contributed by atoms with Crippen molar-refractivity contribution in [3.63, 3.8) is 0 Å². The Hall–Kier alpha value is -2.42. The largest absolute Gasteiger partial charge is 0.369 e. The number of piperidine rings is 1. The number of nitrogens with one attached hydrogen (secondary N) is 1. The molecule has 0 unspecified atom stereocenters. The molecule has 2 aromatic carbocycles. The minimum atomic E-state index is -3.58. The summed E-state index contributed by atoms with van der Waals surface area (Å²) in [5.74, 6) is -0.307. The number of likely N-dealkylation sites (N-methyl/N-ethyl adjacent to an activating group) is 1. The highest BCUT2D eigenvalue weighted by Crippen LogP contribution is 2.25. The average molecular weight is 471 g/mol. The van der Waals surface area contributed by atoms with Gasteiger partial charge in [0.25, 0.3) is 5.91 Å². The van der Waals surface area contributed by atoms with E-state index in [2.05, 4.69) is 28.1 Å². The number of aryl methyl sites for hydroxylation is 1. The molecule has 0 atom stereocenters. The number of piperazine rings is 1. The Morgan fingerprint density at radius 1 is 0.939 bits per heavy atom. The van der Waals surface area contributed by atoms with Crippen molar-refractivity contribution in [2.24, 2.45) is 0 Å². The number of sulfonamides is 1. The van der Waals surface area contributed by atoms with Gasteiger partial charge in [0.2, 0.25) is 10.0 Å². The normalized spacial score (nSPS) is 18.3. The summed E-state index contributed by atoms with van der Waals surface area (Å²) in [5.41, 5.74) is 3.22. The summed E-state index contributed by atoms with van der Waals surface area (Å²) < 4.78 is 27.5. The van der Waals surface area contributed by atoms with Crippen molar-refractivity contribution in [3.05, 3.63) is 53.6 Å². The SMILES string of the molecule is CCN1CCN(c2ccc(NC(=O)c3cccc(S(=O)(=O)N4CCCCC4)c3)c(C)c2)CC1. The Bertz CT molecular complexity index is 1090. The van der Waals surface area contributed by atoms with Crippen molar-refractivity contribution >= 4 is 27.3 Å². The van der Waals surface area contributed by atoms with Gasteiger partial charge in [-0.3, -0.25) is 4.79 Å². The van der Waals surface area contributed by atoms with Crippen molar-refractivity contribution in [1.29, 1.82) is 0 Å². The molecule has 0 spiro atoms. The summed E-state index contributed by atoms with van der Waals surface area (Å²) in [6.45, 7) is 10.5. The lowest BCUT2D eigenvalue weighted by Gasteiger charge is -2.35. The van der Waals surface area contributed by atoms with Crippen LogP contribution in [-0.4, -0.2) is 69.3 Å². The van der Waals surface area contributed by atoms with Crippen molar-refractivity contribution in [2.45, 2.75) is 38.0 Å². The third-order valence-corrected chi connectivity index (χ3v) is 8.59. The van der Waals surface area contributed by atoms with E-state index >= 15 is 0 Å². The molecule has 0 radical (unpaired) electrons. The third kappa shape index (κ3) is 5.39. The van der Waals surface area contributed by atoms with Gasteiger partial charge in [-0.2, -0.15) is 4.31 Å². The number of anilines is 2. The number of carbonyl (C=O) groups excluding carboxylic acids is 1. The number of rotatable bonds is 6. The molecular weight excluding hydrogens is 436 g/mol. The predicted octanol–water partition coefficient (Wildman–Crippen LogP) is 3.56. The molecule has 2 saturated heterocycles. The first-order valence-electron chi connectivity index (χ1n) is 11.9. The van der Waals surface area contributed by atoms with Gasteiger partial charge in [0.05, 0.1) is 4.90 Å².